The first-order chi connectivity index (χ1) is 10.9. The minimum absolute atomic E-state index is 0.0557. The van der Waals surface area contributed by atoms with Crippen LogP contribution in [0.5, 0.6) is 0 Å². The normalized spacial score (nSPS) is 22.5. The number of aliphatic hydroxyl groups excluding tert-OH is 1. The quantitative estimate of drug-likeness (QED) is 0.835. The van der Waals surface area contributed by atoms with Crippen LogP contribution in [-0.2, 0) is 22.8 Å². The second-order valence-electron chi connectivity index (χ2n) is 6.17. The second kappa shape index (κ2) is 6.43. The van der Waals surface area contributed by atoms with E-state index in [0.717, 1.165) is 11.1 Å². The van der Waals surface area contributed by atoms with Gasteiger partial charge < -0.3 is 5.11 Å². The van der Waals surface area contributed by atoms with E-state index < -0.39 is 10.0 Å². The topological polar surface area (TPSA) is 84.2 Å². The molecule has 3 rings (SSSR count). The van der Waals surface area contributed by atoms with E-state index in [-0.39, 0.29) is 23.8 Å². The average Bonchev–Trinajstić information content (AvgIpc) is 2.89. The highest BCUT2D eigenvalue weighted by Crippen LogP contribution is 2.38. The molecule has 124 valence electrons. The lowest BCUT2D eigenvalue weighted by Gasteiger charge is -2.37. The first-order valence-corrected chi connectivity index (χ1v) is 9.29. The first kappa shape index (κ1) is 16.2. The molecule has 1 atom stereocenters. The lowest BCUT2D eigenvalue weighted by Crippen LogP contribution is -2.41. The molecule has 2 aromatic rings. The fourth-order valence-corrected chi connectivity index (χ4v) is 4.40. The van der Waals surface area contributed by atoms with Crippen LogP contribution in [0.1, 0.15) is 30.0 Å². The van der Waals surface area contributed by atoms with Gasteiger partial charge in [-0.25, -0.2) is 13.1 Å². The van der Waals surface area contributed by atoms with Crippen molar-refractivity contribution in [2.24, 2.45) is 13.0 Å². The Kier molecular flexibility index (Phi) is 4.52. The fraction of sp³-hybridized carbons (Fsp3) is 0.438. The van der Waals surface area contributed by atoms with Gasteiger partial charge in [-0.05, 0) is 24.3 Å². The summed E-state index contributed by atoms with van der Waals surface area (Å²) in [5.41, 5.74) is 1.58. The van der Waals surface area contributed by atoms with Gasteiger partial charge in [0, 0.05) is 18.8 Å². The summed E-state index contributed by atoms with van der Waals surface area (Å²) in [4.78, 5) is 0. The highest BCUT2D eigenvalue weighted by molar-refractivity contribution is 7.88. The van der Waals surface area contributed by atoms with Crippen LogP contribution in [0.4, 0.5) is 0 Å². The summed E-state index contributed by atoms with van der Waals surface area (Å²) in [6.45, 7) is 0. The van der Waals surface area contributed by atoms with Crippen LogP contribution < -0.4 is 4.72 Å². The number of hydrogen-bond donors (Lipinski definition) is 2. The van der Waals surface area contributed by atoms with Gasteiger partial charge in [-0.15, -0.1) is 0 Å². The first-order valence-electron chi connectivity index (χ1n) is 7.63. The molecule has 0 aliphatic heterocycles. The number of aromatic nitrogens is 2. The van der Waals surface area contributed by atoms with E-state index in [0.29, 0.717) is 12.8 Å². The maximum Gasteiger partial charge on any atom is 0.216 e. The smallest absolute Gasteiger partial charge is 0.216 e. The summed E-state index contributed by atoms with van der Waals surface area (Å²) in [5, 5.41) is 13.7. The van der Waals surface area contributed by atoms with Crippen molar-refractivity contribution in [3.63, 3.8) is 0 Å². The third-order valence-electron chi connectivity index (χ3n) is 4.21. The molecule has 0 radical (unpaired) electrons. The standard InChI is InChI=1S/C16H21N3O3S/c1-19-10-14(9-17-19)16(13-7-15(20)8-13)18-23(21,22)11-12-5-3-2-4-6-12/h2-6,9-10,13,15-16,18,20H,7-8,11H2,1H3/t13?,15?,16-/m1/s1. The van der Waals surface area contributed by atoms with Crippen molar-refractivity contribution >= 4 is 10.0 Å². The SMILES string of the molecule is Cn1cc([C@H](NS(=O)(=O)Cc2ccccc2)C2CC(O)C2)cn1. The molecule has 0 amide bonds. The summed E-state index contributed by atoms with van der Waals surface area (Å²) >= 11 is 0. The number of sulfonamides is 1. The van der Waals surface area contributed by atoms with Gasteiger partial charge in [-0.3, -0.25) is 4.68 Å². The van der Waals surface area contributed by atoms with Crippen molar-refractivity contribution in [3.8, 4) is 0 Å². The molecule has 1 aromatic carbocycles. The molecule has 6 nitrogen and oxygen atoms in total. The average molecular weight is 335 g/mol. The molecule has 1 fully saturated rings. The molecule has 0 spiro atoms. The minimum Gasteiger partial charge on any atom is -0.393 e. The molecule has 23 heavy (non-hydrogen) atoms. The molecule has 1 aliphatic carbocycles. The number of nitrogens with zero attached hydrogens (tertiary/aromatic N) is 2. The van der Waals surface area contributed by atoms with Crippen molar-refractivity contribution in [2.45, 2.75) is 30.7 Å². The Labute approximate surface area is 136 Å². The van der Waals surface area contributed by atoms with E-state index in [9.17, 15) is 13.5 Å². The van der Waals surface area contributed by atoms with Crippen molar-refractivity contribution in [2.75, 3.05) is 0 Å². The zero-order valence-corrected chi connectivity index (χ0v) is 13.8. The molecule has 0 saturated heterocycles. The number of rotatable bonds is 6. The highest BCUT2D eigenvalue weighted by Gasteiger charge is 2.37. The third-order valence-corrected chi connectivity index (χ3v) is 5.54. The monoisotopic (exact) mass is 335 g/mol. The Balaban J connectivity index is 1.77. The molecule has 2 N–H and O–H groups in total. The summed E-state index contributed by atoms with van der Waals surface area (Å²) < 4.78 is 29.5. The molecule has 1 heterocycles. The van der Waals surface area contributed by atoms with Crippen molar-refractivity contribution < 1.29 is 13.5 Å². The van der Waals surface area contributed by atoms with Gasteiger partial charge in [0.05, 0.1) is 24.1 Å². The van der Waals surface area contributed by atoms with E-state index in [4.69, 9.17) is 0 Å². The lowest BCUT2D eigenvalue weighted by atomic mass is 9.76. The molecule has 1 saturated carbocycles. The number of hydrogen-bond acceptors (Lipinski definition) is 4. The van der Waals surface area contributed by atoms with Crippen LogP contribution in [0.25, 0.3) is 0 Å². The Morgan fingerprint density at radius 2 is 2.04 bits per heavy atom. The minimum atomic E-state index is -3.48. The number of benzene rings is 1. The second-order valence-corrected chi connectivity index (χ2v) is 7.93. The zero-order valence-electron chi connectivity index (χ0n) is 13.0. The molecule has 7 heteroatoms. The number of aliphatic hydroxyl groups is 1. The molecule has 1 aliphatic rings. The third kappa shape index (κ3) is 3.99. The van der Waals surface area contributed by atoms with Crippen LogP contribution in [0.15, 0.2) is 42.7 Å². The van der Waals surface area contributed by atoms with Gasteiger partial charge >= 0.3 is 0 Å². The summed E-state index contributed by atoms with van der Waals surface area (Å²) in [6, 6.07) is 8.76. The van der Waals surface area contributed by atoms with Crippen LogP contribution in [-0.4, -0.2) is 29.4 Å². The van der Waals surface area contributed by atoms with Crippen molar-refractivity contribution in [3.05, 3.63) is 53.9 Å². The van der Waals surface area contributed by atoms with Gasteiger partial charge in [-0.2, -0.15) is 5.10 Å². The lowest BCUT2D eigenvalue weighted by molar-refractivity contribution is 0.0280. The van der Waals surface area contributed by atoms with E-state index in [1.54, 1.807) is 30.1 Å². The van der Waals surface area contributed by atoms with E-state index in [1.807, 2.05) is 24.4 Å². The molecule has 1 aromatic heterocycles. The van der Waals surface area contributed by atoms with Gasteiger partial charge in [0.2, 0.25) is 10.0 Å². The molecule has 0 bridgehead atoms. The predicted octanol–water partition coefficient (Wildman–Crippen LogP) is 1.35. The van der Waals surface area contributed by atoms with E-state index in [1.165, 1.54) is 0 Å². The maximum atomic E-state index is 12.5. The maximum absolute atomic E-state index is 12.5. The van der Waals surface area contributed by atoms with Crippen LogP contribution in [0, 0.1) is 5.92 Å². The van der Waals surface area contributed by atoms with Crippen LogP contribution in [0.2, 0.25) is 0 Å². The largest absolute Gasteiger partial charge is 0.393 e. The zero-order chi connectivity index (χ0) is 16.4. The predicted molar refractivity (Wildman–Crippen MR) is 86.9 cm³/mol. The molecule has 0 unspecified atom stereocenters. The number of aryl methyl sites for hydroxylation is 1. The van der Waals surface area contributed by atoms with Crippen molar-refractivity contribution in [1.82, 2.24) is 14.5 Å². The van der Waals surface area contributed by atoms with E-state index >= 15 is 0 Å². The van der Waals surface area contributed by atoms with Gasteiger partial charge in [0.15, 0.2) is 0 Å². The van der Waals surface area contributed by atoms with E-state index in [2.05, 4.69) is 9.82 Å². The van der Waals surface area contributed by atoms with Gasteiger partial charge in [-0.1, -0.05) is 30.3 Å². The Morgan fingerprint density at radius 1 is 1.35 bits per heavy atom. The van der Waals surface area contributed by atoms with Crippen LogP contribution in [0.3, 0.4) is 0 Å². The van der Waals surface area contributed by atoms with Crippen LogP contribution >= 0.6 is 0 Å². The fourth-order valence-electron chi connectivity index (χ4n) is 2.97. The summed E-state index contributed by atoms with van der Waals surface area (Å²) in [6.07, 6.45) is 4.37. The Bertz CT molecular complexity index is 752. The Hall–Kier alpha value is -1.70. The Morgan fingerprint density at radius 3 is 2.61 bits per heavy atom. The molecular weight excluding hydrogens is 314 g/mol. The highest BCUT2D eigenvalue weighted by atomic mass is 32.2. The summed E-state index contributed by atoms with van der Waals surface area (Å²) in [5.74, 6) is 0.0413. The summed E-state index contributed by atoms with van der Waals surface area (Å²) in [7, 11) is -1.68. The number of nitrogens with one attached hydrogen (secondary N) is 1. The van der Waals surface area contributed by atoms with Gasteiger partial charge in [0.1, 0.15) is 0 Å². The molecular formula is C16H21N3O3S. The van der Waals surface area contributed by atoms with Crippen molar-refractivity contribution in [1.29, 1.82) is 0 Å². The van der Waals surface area contributed by atoms with Gasteiger partial charge in [0.25, 0.3) is 0 Å².